The molecule has 78 valence electrons. The lowest BCUT2D eigenvalue weighted by Gasteiger charge is -2.22. The molecule has 1 aromatic carbocycles. The molecule has 1 unspecified atom stereocenters. The van der Waals surface area contributed by atoms with Gasteiger partial charge in [-0.25, -0.2) is 0 Å². The van der Waals surface area contributed by atoms with Gasteiger partial charge in [-0.1, -0.05) is 36.0 Å². The van der Waals surface area contributed by atoms with Crippen molar-refractivity contribution in [3.63, 3.8) is 0 Å². The van der Waals surface area contributed by atoms with Crippen molar-refractivity contribution in [1.82, 2.24) is 5.32 Å². The van der Waals surface area contributed by atoms with E-state index in [2.05, 4.69) is 11.4 Å². The Morgan fingerprint density at radius 2 is 2.00 bits per heavy atom. The molecule has 1 rings (SSSR count). The molecule has 0 spiro atoms. The maximum Gasteiger partial charge on any atom is 0.129 e. The van der Waals surface area contributed by atoms with Gasteiger partial charge in [0.2, 0.25) is 0 Å². The molecule has 2 nitrogen and oxygen atoms in total. The highest BCUT2D eigenvalue weighted by Gasteiger charge is 2.30. The van der Waals surface area contributed by atoms with Crippen molar-refractivity contribution in [2.24, 2.45) is 0 Å². The zero-order chi connectivity index (χ0) is 11.5. The van der Waals surface area contributed by atoms with Crippen LogP contribution in [0.25, 0.3) is 0 Å². The number of thiocarbonyl (C=S) groups is 1. The highest BCUT2D eigenvalue weighted by molar-refractivity contribution is 7.80. The molecule has 0 aliphatic heterocycles. The van der Waals surface area contributed by atoms with Crippen LogP contribution in [0.15, 0.2) is 24.3 Å². The zero-order valence-corrected chi connectivity index (χ0v) is 10.1. The molecule has 1 N–H and O–H groups in total. The zero-order valence-electron chi connectivity index (χ0n) is 8.54. The lowest BCUT2D eigenvalue weighted by Crippen LogP contribution is -2.37. The molecule has 0 radical (unpaired) electrons. The second-order valence-corrected chi connectivity index (χ2v) is 4.17. The lowest BCUT2D eigenvalue weighted by molar-refractivity contribution is 0.806. The highest BCUT2D eigenvalue weighted by Crippen LogP contribution is 2.25. The first-order valence-electron chi connectivity index (χ1n) is 4.44. The largest absolute Gasteiger partial charge is 0.381 e. The van der Waals surface area contributed by atoms with Gasteiger partial charge in [0.1, 0.15) is 5.41 Å². The Balaban J connectivity index is 3.19. The molecule has 1 aromatic rings. The standard InChI is InChI=1S/C11H11ClN2S/c1-11(7-13,10(15)14-2)8-3-5-9(12)6-4-8/h3-6H,1-2H3,(H,14,15). The fourth-order valence-corrected chi connectivity index (χ4v) is 1.57. The summed E-state index contributed by atoms with van der Waals surface area (Å²) in [4.78, 5) is 0.507. The van der Waals surface area contributed by atoms with Gasteiger partial charge in [-0.2, -0.15) is 5.26 Å². The van der Waals surface area contributed by atoms with E-state index in [-0.39, 0.29) is 0 Å². The summed E-state index contributed by atoms with van der Waals surface area (Å²) in [6.45, 7) is 1.79. The average Bonchev–Trinajstić information content (AvgIpc) is 2.27. The first-order chi connectivity index (χ1) is 7.04. The van der Waals surface area contributed by atoms with Crippen molar-refractivity contribution in [1.29, 1.82) is 5.26 Å². The third-order valence-electron chi connectivity index (χ3n) is 2.33. The van der Waals surface area contributed by atoms with Crippen LogP contribution >= 0.6 is 23.8 Å². The topological polar surface area (TPSA) is 35.8 Å². The number of hydrogen-bond donors (Lipinski definition) is 1. The van der Waals surface area contributed by atoms with E-state index in [1.807, 2.05) is 12.1 Å². The van der Waals surface area contributed by atoms with Gasteiger partial charge in [0.25, 0.3) is 0 Å². The van der Waals surface area contributed by atoms with E-state index in [1.165, 1.54) is 0 Å². The fraction of sp³-hybridized carbons (Fsp3) is 0.273. The molecule has 0 bridgehead atoms. The molecule has 0 aliphatic rings. The van der Waals surface area contributed by atoms with Crippen LogP contribution in [0.1, 0.15) is 12.5 Å². The predicted octanol–water partition coefficient (Wildman–Crippen LogP) is 2.67. The second kappa shape index (κ2) is 4.61. The first-order valence-corrected chi connectivity index (χ1v) is 5.22. The minimum absolute atomic E-state index is 0.507. The molecule has 0 fully saturated rings. The quantitative estimate of drug-likeness (QED) is 0.805. The van der Waals surface area contributed by atoms with Crippen molar-refractivity contribution < 1.29 is 0 Å². The van der Waals surface area contributed by atoms with Gasteiger partial charge in [-0.3, -0.25) is 0 Å². The number of halogens is 1. The predicted molar refractivity (Wildman–Crippen MR) is 66.1 cm³/mol. The lowest BCUT2D eigenvalue weighted by atomic mass is 9.84. The maximum absolute atomic E-state index is 9.20. The number of benzene rings is 1. The monoisotopic (exact) mass is 238 g/mol. The van der Waals surface area contributed by atoms with E-state index in [4.69, 9.17) is 23.8 Å². The van der Waals surface area contributed by atoms with Gasteiger partial charge in [0.15, 0.2) is 0 Å². The van der Waals surface area contributed by atoms with Crippen molar-refractivity contribution in [3.05, 3.63) is 34.9 Å². The molecule has 0 saturated heterocycles. The van der Waals surface area contributed by atoms with Crippen LogP contribution < -0.4 is 5.32 Å². The van der Waals surface area contributed by atoms with Crippen LogP contribution in [-0.2, 0) is 5.41 Å². The van der Waals surface area contributed by atoms with E-state index < -0.39 is 5.41 Å². The Morgan fingerprint density at radius 1 is 1.47 bits per heavy atom. The summed E-state index contributed by atoms with van der Waals surface area (Å²) >= 11 is 10.9. The number of hydrogen-bond acceptors (Lipinski definition) is 2. The van der Waals surface area contributed by atoms with Gasteiger partial charge >= 0.3 is 0 Å². The van der Waals surface area contributed by atoms with Crippen LogP contribution in [0.2, 0.25) is 5.02 Å². The number of nitrogens with zero attached hydrogens (tertiary/aromatic N) is 1. The summed E-state index contributed by atoms with van der Waals surface area (Å²) in [5, 5.41) is 12.7. The molecular weight excluding hydrogens is 228 g/mol. The van der Waals surface area contributed by atoms with E-state index in [0.29, 0.717) is 10.0 Å². The van der Waals surface area contributed by atoms with Gasteiger partial charge in [-0.15, -0.1) is 0 Å². The molecule has 0 aliphatic carbocycles. The van der Waals surface area contributed by atoms with E-state index in [0.717, 1.165) is 5.56 Å². The summed E-state index contributed by atoms with van der Waals surface area (Å²) in [5.41, 5.74) is 0.0445. The minimum atomic E-state index is -0.797. The number of nitriles is 1. The number of rotatable bonds is 2. The number of likely N-dealkylation sites (N-methyl/N-ethyl adjacent to an activating group) is 1. The van der Waals surface area contributed by atoms with Gasteiger partial charge < -0.3 is 5.32 Å². The third kappa shape index (κ3) is 2.28. The first kappa shape index (κ1) is 12.0. The Morgan fingerprint density at radius 3 is 2.40 bits per heavy atom. The van der Waals surface area contributed by atoms with Gasteiger partial charge in [0.05, 0.1) is 11.1 Å². The summed E-state index contributed by atoms with van der Waals surface area (Å²) in [7, 11) is 1.72. The smallest absolute Gasteiger partial charge is 0.129 e. The van der Waals surface area contributed by atoms with Gasteiger partial charge in [0, 0.05) is 12.1 Å². The minimum Gasteiger partial charge on any atom is -0.381 e. The van der Waals surface area contributed by atoms with E-state index in [9.17, 15) is 5.26 Å². The molecule has 0 saturated carbocycles. The molecule has 0 aromatic heterocycles. The Hall–Kier alpha value is -1.11. The Kier molecular flexibility index (Phi) is 3.67. The molecule has 15 heavy (non-hydrogen) atoms. The van der Waals surface area contributed by atoms with Crippen LogP contribution in [0, 0.1) is 11.3 Å². The third-order valence-corrected chi connectivity index (χ3v) is 3.19. The van der Waals surface area contributed by atoms with Crippen LogP contribution in [0.4, 0.5) is 0 Å². The van der Waals surface area contributed by atoms with Crippen LogP contribution in [0.3, 0.4) is 0 Å². The van der Waals surface area contributed by atoms with Crippen LogP contribution in [-0.4, -0.2) is 12.0 Å². The van der Waals surface area contributed by atoms with Crippen molar-refractivity contribution in [2.75, 3.05) is 7.05 Å². The second-order valence-electron chi connectivity index (χ2n) is 3.32. The fourth-order valence-electron chi connectivity index (χ4n) is 1.28. The van der Waals surface area contributed by atoms with Crippen molar-refractivity contribution in [3.8, 4) is 6.07 Å². The average molecular weight is 239 g/mol. The molecule has 4 heteroatoms. The normalized spacial score (nSPS) is 13.7. The highest BCUT2D eigenvalue weighted by atomic mass is 35.5. The molecule has 0 amide bonds. The maximum atomic E-state index is 9.20. The molecule has 1 atom stereocenters. The van der Waals surface area contributed by atoms with E-state index >= 15 is 0 Å². The van der Waals surface area contributed by atoms with Gasteiger partial charge in [-0.05, 0) is 24.6 Å². The molecule has 0 heterocycles. The summed E-state index contributed by atoms with van der Waals surface area (Å²) in [6, 6.07) is 9.36. The van der Waals surface area contributed by atoms with E-state index in [1.54, 1.807) is 26.1 Å². The van der Waals surface area contributed by atoms with Crippen molar-refractivity contribution >= 4 is 28.8 Å². The SMILES string of the molecule is CNC(=S)C(C)(C#N)c1ccc(Cl)cc1. The molecular formula is C11H11ClN2S. The van der Waals surface area contributed by atoms with Crippen LogP contribution in [0.5, 0.6) is 0 Å². The summed E-state index contributed by atoms with van der Waals surface area (Å²) < 4.78 is 0. The number of nitrogens with one attached hydrogen (secondary N) is 1. The Labute approximate surface area is 99.9 Å². The van der Waals surface area contributed by atoms with Crippen molar-refractivity contribution in [2.45, 2.75) is 12.3 Å². The summed E-state index contributed by atoms with van der Waals surface area (Å²) in [5.74, 6) is 0. The summed E-state index contributed by atoms with van der Waals surface area (Å²) in [6.07, 6.45) is 0. The Bertz CT molecular complexity index is 408.